The van der Waals surface area contributed by atoms with Crippen LogP contribution in [0.15, 0.2) is 40.9 Å². The summed E-state index contributed by atoms with van der Waals surface area (Å²) in [5.41, 5.74) is 1.18. The zero-order valence-electron chi connectivity index (χ0n) is 10.3. The number of anilines is 1. The zero-order valence-corrected chi connectivity index (χ0v) is 11.9. The first kappa shape index (κ1) is 13.4. The molecule has 0 spiro atoms. The van der Waals surface area contributed by atoms with Crippen molar-refractivity contribution in [2.75, 3.05) is 18.5 Å². The number of benzene rings is 2. The fraction of sp³-hybridized carbons (Fsp3) is 0.333. The smallest absolute Gasteiger partial charge is 0.0431 e. The van der Waals surface area contributed by atoms with Gasteiger partial charge < -0.3 is 10.4 Å². The fourth-order valence-electron chi connectivity index (χ4n) is 2.05. The number of halogens is 1. The van der Waals surface area contributed by atoms with Crippen LogP contribution in [-0.4, -0.2) is 18.3 Å². The Hall–Kier alpha value is -1.06. The van der Waals surface area contributed by atoms with Crippen molar-refractivity contribution in [1.29, 1.82) is 0 Å². The number of rotatable bonds is 6. The van der Waals surface area contributed by atoms with Crippen molar-refractivity contribution in [3.63, 3.8) is 0 Å². The summed E-state index contributed by atoms with van der Waals surface area (Å²) in [5, 5.41) is 14.7. The first-order valence-electron chi connectivity index (χ1n) is 6.35. The van der Waals surface area contributed by atoms with Gasteiger partial charge in [-0.25, -0.2) is 0 Å². The van der Waals surface area contributed by atoms with Gasteiger partial charge in [0.15, 0.2) is 0 Å². The minimum absolute atomic E-state index is 0.293. The molecule has 2 rings (SSSR count). The van der Waals surface area contributed by atoms with E-state index in [1.807, 2.05) is 0 Å². The van der Waals surface area contributed by atoms with E-state index in [1.54, 1.807) is 0 Å². The van der Waals surface area contributed by atoms with Crippen LogP contribution in [0.1, 0.15) is 19.3 Å². The molecule has 3 heteroatoms. The van der Waals surface area contributed by atoms with Crippen LogP contribution in [0.4, 0.5) is 5.69 Å². The number of unbranched alkanes of at least 4 members (excludes halogenated alkanes) is 2. The van der Waals surface area contributed by atoms with Gasteiger partial charge >= 0.3 is 0 Å². The maximum absolute atomic E-state index is 8.73. The van der Waals surface area contributed by atoms with Gasteiger partial charge in [-0.05, 0) is 36.8 Å². The Bertz CT molecular complexity index is 513. The lowest BCUT2D eigenvalue weighted by molar-refractivity contribution is 0.283. The summed E-state index contributed by atoms with van der Waals surface area (Å²) in [6.45, 7) is 1.24. The van der Waals surface area contributed by atoms with E-state index in [0.29, 0.717) is 6.61 Å². The summed E-state index contributed by atoms with van der Waals surface area (Å²) in [4.78, 5) is 0. The van der Waals surface area contributed by atoms with E-state index in [0.717, 1.165) is 30.3 Å². The third kappa shape index (κ3) is 3.24. The zero-order chi connectivity index (χ0) is 12.8. The predicted octanol–water partition coefficient (Wildman–Crippen LogP) is 4.18. The van der Waals surface area contributed by atoms with E-state index < -0.39 is 0 Å². The molecule has 0 aliphatic carbocycles. The summed E-state index contributed by atoms with van der Waals surface area (Å²) in [5.74, 6) is 0. The van der Waals surface area contributed by atoms with Gasteiger partial charge in [-0.2, -0.15) is 0 Å². The highest BCUT2D eigenvalue weighted by molar-refractivity contribution is 9.10. The van der Waals surface area contributed by atoms with Crippen molar-refractivity contribution in [3.8, 4) is 0 Å². The van der Waals surface area contributed by atoms with E-state index in [9.17, 15) is 0 Å². The van der Waals surface area contributed by atoms with Crippen LogP contribution in [0.2, 0.25) is 0 Å². The van der Waals surface area contributed by atoms with Crippen molar-refractivity contribution in [2.24, 2.45) is 0 Å². The Balaban J connectivity index is 2.07. The second-order valence-electron chi connectivity index (χ2n) is 4.35. The SMILES string of the molecule is OCCCCCNc1ccc(Br)c2ccccc12. The molecule has 0 atom stereocenters. The van der Waals surface area contributed by atoms with Crippen molar-refractivity contribution in [2.45, 2.75) is 19.3 Å². The molecule has 2 aromatic carbocycles. The van der Waals surface area contributed by atoms with Gasteiger partial charge in [0, 0.05) is 28.7 Å². The molecule has 96 valence electrons. The number of hydrogen-bond acceptors (Lipinski definition) is 2. The third-order valence-electron chi connectivity index (χ3n) is 3.02. The molecule has 2 N–H and O–H groups in total. The lowest BCUT2D eigenvalue weighted by Crippen LogP contribution is -2.02. The van der Waals surface area contributed by atoms with Gasteiger partial charge in [-0.1, -0.05) is 40.2 Å². The van der Waals surface area contributed by atoms with E-state index in [1.165, 1.54) is 16.5 Å². The molecule has 0 amide bonds. The number of hydrogen-bond donors (Lipinski definition) is 2. The summed E-state index contributed by atoms with van der Waals surface area (Å²) >= 11 is 3.58. The lowest BCUT2D eigenvalue weighted by Gasteiger charge is -2.10. The Morgan fingerprint density at radius 1 is 0.944 bits per heavy atom. The van der Waals surface area contributed by atoms with E-state index in [4.69, 9.17) is 5.11 Å². The number of aliphatic hydroxyl groups excluding tert-OH is 1. The molecule has 0 saturated heterocycles. The summed E-state index contributed by atoms with van der Waals surface area (Å²) in [6, 6.07) is 12.6. The first-order chi connectivity index (χ1) is 8.83. The second kappa shape index (κ2) is 6.76. The summed E-state index contributed by atoms with van der Waals surface area (Å²) < 4.78 is 1.13. The number of nitrogens with one attached hydrogen (secondary N) is 1. The molecule has 2 nitrogen and oxygen atoms in total. The molecular weight excluding hydrogens is 290 g/mol. The molecule has 2 aromatic rings. The Morgan fingerprint density at radius 3 is 2.50 bits per heavy atom. The Kier molecular flexibility index (Phi) is 5.02. The van der Waals surface area contributed by atoms with Crippen LogP contribution in [0.5, 0.6) is 0 Å². The normalized spacial score (nSPS) is 10.8. The van der Waals surface area contributed by atoms with Crippen molar-refractivity contribution >= 4 is 32.4 Å². The highest BCUT2D eigenvalue weighted by atomic mass is 79.9. The van der Waals surface area contributed by atoms with Gasteiger partial charge in [0.2, 0.25) is 0 Å². The van der Waals surface area contributed by atoms with Crippen LogP contribution in [0, 0.1) is 0 Å². The highest BCUT2D eigenvalue weighted by Gasteiger charge is 2.02. The molecule has 18 heavy (non-hydrogen) atoms. The van der Waals surface area contributed by atoms with Crippen LogP contribution in [0.25, 0.3) is 10.8 Å². The van der Waals surface area contributed by atoms with Crippen LogP contribution in [-0.2, 0) is 0 Å². The first-order valence-corrected chi connectivity index (χ1v) is 7.14. The molecule has 0 heterocycles. The van der Waals surface area contributed by atoms with Crippen LogP contribution < -0.4 is 5.32 Å². The fourth-order valence-corrected chi connectivity index (χ4v) is 2.53. The molecule has 0 aliphatic heterocycles. The summed E-state index contributed by atoms with van der Waals surface area (Å²) in [6.07, 6.45) is 3.05. The largest absolute Gasteiger partial charge is 0.396 e. The molecule has 0 aromatic heterocycles. The second-order valence-corrected chi connectivity index (χ2v) is 5.21. The predicted molar refractivity (Wildman–Crippen MR) is 81.1 cm³/mol. The molecule has 0 aliphatic rings. The number of aliphatic hydroxyl groups is 1. The number of fused-ring (bicyclic) bond motifs is 1. The molecule has 0 radical (unpaired) electrons. The minimum atomic E-state index is 0.293. The summed E-state index contributed by atoms with van der Waals surface area (Å²) in [7, 11) is 0. The van der Waals surface area contributed by atoms with Crippen molar-refractivity contribution < 1.29 is 5.11 Å². The van der Waals surface area contributed by atoms with E-state index in [-0.39, 0.29) is 0 Å². The van der Waals surface area contributed by atoms with Gasteiger partial charge in [-0.15, -0.1) is 0 Å². The molecule has 0 unspecified atom stereocenters. The highest BCUT2D eigenvalue weighted by Crippen LogP contribution is 2.29. The van der Waals surface area contributed by atoms with Gasteiger partial charge in [-0.3, -0.25) is 0 Å². The minimum Gasteiger partial charge on any atom is -0.396 e. The maximum atomic E-state index is 8.73. The Labute approximate surface area is 116 Å². The monoisotopic (exact) mass is 307 g/mol. The van der Waals surface area contributed by atoms with Gasteiger partial charge in [0.1, 0.15) is 0 Å². The average Bonchev–Trinajstić information content (AvgIpc) is 2.41. The quantitative estimate of drug-likeness (QED) is 0.785. The molecule has 0 saturated carbocycles. The van der Waals surface area contributed by atoms with Crippen LogP contribution in [0.3, 0.4) is 0 Å². The average molecular weight is 308 g/mol. The van der Waals surface area contributed by atoms with Gasteiger partial charge in [0.05, 0.1) is 0 Å². The van der Waals surface area contributed by atoms with Crippen molar-refractivity contribution in [1.82, 2.24) is 0 Å². The molecule has 0 bridgehead atoms. The van der Waals surface area contributed by atoms with E-state index in [2.05, 4.69) is 57.6 Å². The van der Waals surface area contributed by atoms with E-state index >= 15 is 0 Å². The molecular formula is C15H18BrNO. The Morgan fingerprint density at radius 2 is 1.72 bits per heavy atom. The third-order valence-corrected chi connectivity index (χ3v) is 3.71. The van der Waals surface area contributed by atoms with Crippen LogP contribution >= 0.6 is 15.9 Å². The van der Waals surface area contributed by atoms with Crippen molar-refractivity contribution in [3.05, 3.63) is 40.9 Å². The lowest BCUT2D eigenvalue weighted by atomic mass is 10.1. The topological polar surface area (TPSA) is 32.3 Å². The van der Waals surface area contributed by atoms with Gasteiger partial charge in [0.25, 0.3) is 0 Å². The maximum Gasteiger partial charge on any atom is 0.0431 e. The standard InChI is InChI=1S/C15H18BrNO/c16-14-8-9-15(17-10-4-1-5-11-18)13-7-3-2-6-12(13)14/h2-3,6-9,17-18H,1,4-5,10-11H2. The molecule has 0 fully saturated rings.